The minimum Gasteiger partial charge on any atom is -0.378 e. The van der Waals surface area contributed by atoms with Crippen LogP contribution in [0.5, 0.6) is 0 Å². The molecule has 1 amide bonds. The number of nitrogens with zero attached hydrogens (tertiary/aromatic N) is 3. The Bertz CT molecular complexity index is 1070. The fourth-order valence-corrected chi connectivity index (χ4v) is 4.58. The molecule has 1 aliphatic heterocycles. The van der Waals surface area contributed by atoms with Crippen molar-refractivity contribution in [3.05, 3.63) is 66.5 Å². The highest BCUT2D eigenvalue weighted by atomic mass is 16.5. The number of morpholine rings is 1. The zero-order valence-corrected chi connectivity index (χ0v) is 19.4. The fourth-order valence-electron chi connectivity index (χ4n) is 4.58. The Morgan fingerprint density at radius 3 is 2.21 bits per heavy atom. The number of nitrogens with one attached hydrogen (secondary N) is 2. The summed E-state index contributed by atoms with van der Waals surface area (Å²) in [6, 6.07) is 16.0. The van der Waals surface area contributed by atoms with Crippen LogP contribution in [0.4, 0.5) is 17.3 Å². The van der Waals surface area contributed by atoms with Gasteiger partial charge in [-0.3, -0.25) is 4.79 Å². The van der Waals surface area contributed by atoms with Crippen LogP contribution in [-0.4, -0.2) is 48.2 Å². The summed E-state index contributed by atoms with van der Waals surface area (Å²) in [7, 11) is 0. The summed E-state index contributed by atoms with van der Waals surface area (Å²) in [5, 5.41) is 6.42. The van der Waals surface area contributed by atoms with E-state index in [1.807, 2.05) is 60.9 Å². The standard InChI is InChI=1S/C27H31N5O2/c33-26(30-24-10-12-25(13-11-24)32-14-16-34-17-15-32)21-8-6-20(7-9-21)22-18-28-27(29-19-22)31-23-4-2-1-3-5-23/h6-13,18-19,23H,1-5,14-17H2,(H,30,33)(H,28,29,31). The van der Waals surface area contributed by atoms with Crippen molar-refractivity contribution < 1.29 is 9.53 Å². The first-order valence-electron chi connectivity index (χ1n) is 12.2. The Morgan fingerprint density at radius 1 is 0.853 bits per heavy atom. The molecular formula is C27H31N5O2. The molecule has 0 unspecified atom stereocenters. The first-order valence-corrected chi connectivity index (χ1v) is 12.2. The van der Waals surface area contributed by atoms with E-state index in [-0.39, 0.29) is 5.91 Å². The summed E-state index contributed by atoms with van der Waals surface area (Å²) in [6.45, 7) is 3.29. The molecule has 2 fully saturated rings. The predicted molar refractivity (Wildman–Crippen MR) is 135 cm³/mol. The van der Waals surface area contributed by atoms with Gasteiger partial charge in [-0.2, -0.15) is 0 Å². The number of rotatable bonds is 6. The average molecular weight is 458 g/mol. The zero-order valence-electron chi connectivity index (χ0n) is 19.4. The van der Waals surface area contributed by atoms with Crippen molar-refractivity contribution in [2.45, 2.75) is 38.1 Å². The summed E-state index contributed by atoms with van der Waals surface area (Å²) < 4.78 is 5.41. The summed E-state index contributed by atoms with van der Waals surface area (Å²) >= 11 is 0. The van der Waals surface area contributed by atoms with E-state index in [0.717, 1.165) is 48.8 Å². The number of benzene rings is 2. The molecule has 176 valence electrons. The molecular weight excluding hydrogens is 426 g/mol. The molecule has 3 aromatic rings. The van der Waals surface area contributed by atoms with Crippen molar-refractivity contribution in [2.75, 3.05) is 41.8 Å². The molecule has 7 heteroatoms. The van der Waals surface area contributed by atoms with Crippen LogP contribution in [0.15, 0.2) is 60.9 Å². The van der Waals surface area contributed by atoms with Gasteiger partial charge in [0.1, 0.15) is 0 Å². The Balaban J connectivity index is 1.17. The van der Waals surface area contributed by atoms with Crippen molar-refractivity contribution in [1.29, 1.82) is 0 Å². The number of anilines is 3. The smallest absolute Gasteiger partial charge is 0.255 e. The van der Waals surface area contributed by atoms with E-state index in [1.165, 1.54) is 32.1 Å². The quantitative estimate of drug-likeness (QED) is 0.544. The third-order valence-electron chi connectivity index (χ3n) is 6.57. The van der Waals surface area contributed by atoms with Crippen molar-refractivity contribution in [2.24, 2.45) is 0 Å². The van der Waals surface area contributed by atoms with Gasteiger partial charge >= 0.3 is 0 Å². The first kappa shape index (κ1) is 22.3. The Morgan fingerprint density at radius 2 is 1.53 bits per heavy atom. The van der Waals surface area contributed by atoms with E-state index in [0.29, 0.717) is 17.6 Å². The van der Waals surface area contributed by atoms with Crippen LogP contribution in [-0.2, 0) is 4.74 Å². The minimum atomic E-state index is -0.131. The summed E-state index contributed by atoms with van der Waals surface area (Å²) in [5.41, 5.74) is 4.45. The molecule has 1 saturated heterocycles. The van der Waals surface area contributed by atoms with Crippen molar-refractivity contribution in [3.8, 4) is 11.1 Å². The summed E-state index contributed by atoms with van der Waals surface area (Å²) in [6.07, 6.45) is 9.92. The van der Waals surface area contributed by atoms with Crippen LogP contribution in [0.25, 0.3) is 11.1 Å². The van der Waals surface area contributed by atoms with Gasteiger partial charge in [0.2, 0.25) is 5.95 Å². The van der Waals surface area contributed by atoms with Gasteiger partial charge in [0, 0.05) is 54.0 Å². The molecule has 0 atom stereocenters. The van der Waals surface area contributed by atoms with Crippen LogP contribution in [0.1, 0.15) is 42.5 Å². The molecule has 1 saturated carbocycles. The van der Waals surface area contributed by atoms with Crippen LogP contribution in [0.3, 0.4) is 0 Å². The number of aromatic nitrogens is 2. The van der Waals surface area contributed by atoms with Crippen LogP contribution < -0.4 is 15.5 Å². The van der Waals surface area contributed by atoms with Crippen molar-refractivity contribution >= 4 is 23.2 Å². The van der Waals surface area contributed by atoms with E-state index >= 15 is 0 Å². The zero-order chi connectivity index (χ0) is 23.2. The van der Waals surface area contributed by atoms with Gasteiger partial charge in [0.15, 0.2) is 0 Å². The predicted octanol–water partition coefficient (Wildman–Crippen LogP) is 4.98. The maximum Gasteiger partial charge on any atom is 0.255 e. The lowest BCUT2D eigenvalue weighted by Crippen LogP contribution is -2.36. The molecule has 5 rings (SSSR count). The fraction of sp³-hybridized carbons (Fsp3) is 0.370. The van der Waals surface area contributed by atoms with Gasteiger partial charge in [-0.25, -0.2) is 9.97 Å². The lowest BCUT2D eigenvalue weighted by atomic mass is 9.96. The molecule has 0 spiro atoms. The average Bonchev–Trinajstić information content (AvgIpc) is 2.91. The molecule has 0 radical (unpaired) electrons. The summed E-state index contributed by atoms with van der Waals surface area (Å²) in [5.74, 6) is 0.556. The highest BCUT2D eigenvalue weighted by Gasteiger charge is 2.14. The van der Waals surface area contributed by atoms with Gasteiger partial charge in [0.05, 0.1) is 13.2 Å². The molecule has 2 heterocycles. The second-order valence-corrected chi connectivity index (χ2v) is 8.95. The number of hydrogen-bond donors (Lipinski definition) is 2. The Hall–Kier alpha value is -3.45. The van der Waals surface area contributed by atoms with Crippen LogP contribution >= 0.6 is 0 Å². The van der Waals surface area contributed by atoms with Gasteiger partial charge in [-0.1, -0.05) is 31.4 Å². The molecule has 2 N–H and O–H groups in total. The topological polar surface area (TPSA) is 79.4 Å². The second-order valence-electron chi connectivity index (χ2n) is 8.95. The van der Waals surface area contributed by atoms with Crippen LogP contribution in [0, 0.1) is 0 Å². The number of amides is 1. The first-order chi connectivity index (χ1) is 16.7. The van der Waals surface area contributed by atoms with Gasteiger partial charge in [-0.05, 0) is 54.8 Å². The third-order valence-corrected chi connectivity index (χ3v) is 6.57. The lowest BCUT2D eigenvalue weighted by Gasteiger charge is -2.28. The number of hydrogen-bond acceptors (Lipinski definition) is 6. The molecule has 2 aromatic carbocycles. The largest absolute Gasteiger partial charge is 0.378 e. The minimum absolute atomic E-state index is 0.131. The normalized spacial score (nSPS) is 16.8. The van der Waals surface area contributed by atoms with Crippen molar-refractivity contribution in [3.63, 3.8) is 0 Å². The number of carbonyl (C=O) groups excluding carboxylic acids is 1. The third kappa shape index (κ3) is 5.54. The highest BCUT2D eigenvalue weighted by molar-refractivity contribution is 6.04. The molecule has 2 aliphatic rings. The number of carbonyl (C=O) groups is 1. The molecule has 0 bridgehead atoms. The van der Waals surface area contributed by atoms with E-state index < -0.39 is 0 Å². The maximum atomic E-state index is 12.7. The molecule has 7 nitrogen and oxygen atoms in total. The SMILES string of the molecule is O=C(Nc1ccc(N2CCOCC2)cc1)c1ccc(-c2cnc(NC3CCCCC3)nc2)cc1. The maximum absolute atomic E-state index is 12.7. The van der Waals surface area contributed by atoms with E-state index in [9.17, 15) is 4.79 Å². The lowest BCUT2D eigenvalue weighted by molar-refractivity contribution is 0.102. The summed E-state index contributed by atoms with van der Waals surface area (Å²) in [4.78, 5) is 24.0. The van der Waals surface area contributed by atoms with Gasteiger partial charge in [-0.15, -0.1) is 0 Å². The van der Waals surface area contributed by atoms with Crippen LogP contribution in [0.2, 0.25) is 0 Å². The molecule has 1 aliphatic carbocycles. The Labute approximate surface area is 200 Å². The van der Waals surface area contributed by atoms with Gasteiger partial charge < -0.3 is 20.3 Å². The monoisotopic (exact) mass is 457 g/mol. The number of ether oxygens (including phenoxy) is 1. The van der Waals surface area contributed by atoms with E-state index in [2.05, 4.69) is 25.5 Å². The van der Waals surface area contributed by atoms with E-state index in [4.69, 9.17) is 4.74 Å². The Kier molecular flexibility index (Phi) is 7.00. The molecule has 1 aromatic heterocycles. The second kappa shape index (κ2) is 10.7. The highest BCUT2D eigenvalue weighted by Crippen LogP contribution is 2.23. The van der Waals surface area contributed by atoms with E-state index in [1.54, 1.807) is 0 Å². The van der Waals surface area contributed by atoms with Crippen molar-refractivity contribution in [1.82, 2.24) is 9.97 Å². The van der Waals surface area contributed by atoms with Gasteiger partial charge in [0.25, 0.3) is 5.91 Å². The molecule has 34 heavy (non-hydrogen) atoms.